The van der Waals surface area contributed by atoms with Crippen LogP contribution in [0.2, 0.25) is 0 Å². The molecule has 2 heterocycles. The first-order chi connectivity index (χ1) is 14.1. The molecule has 0 bridgehead atoms. The van der Waals surface area contributed by atoms with E-state index in [4.69, 9.17) is 30.5 Å². The molecule has 2 saturated heterocycles. The molecule has 172 valence electrons. The highest BCUT2D eigenvalue weighted by molar-refractivity contribution is 6.21. The Bertz CT molecular complexity index is 626. The number of hydrogen-bond acceptors (Lipinski definition) is 6. The van der Waals surface area contributed by atoms with E-state index in [9.17, 15) is 9.59 Å². The van der Waals surface area contributed by atoms with Gasteiger partial charge in [0.25, 0.3) is 0 Å². The number of hydrogen-bond donors (Lipinski definition) is 0. The number of esters is 1. The van der Waals surface area contributed by atoms with Crippen molar-refractivity contribution in [1.82, 2.24) is 4.90 Å². The fourth-order valence-electron chi connectivity index (χ4n) is 5.20. The normalized spacial score (nSPS) is 30.2. The minimum Gasteiger partial charge on any atom is -0.460 e. The maximum absolute atomic E-state index is 13.8. The van der Waals surface area contributed by atoms with Gasteiger partial charge in [0.15, 0.2) is 0 Å². The summed E-state index contributed by atoms with van der Waals surface area (Å²) in [5.41, 5.74) is -0.586. The lowest BCUT2D eigenvalue weighted by atomic mass is 9.77. The maximum Gasteiger partial charge on any atom is 0.307 e. The summed E-state index contributed by atoms with van der Waals surface area (Å²) < 4.78 is 22.8. The number of halogens is 1. The van der Waals surface area contributed by atoms with Gasteiger partial charge in [-0.15, -0.1) is 11.6 Å². The van der Waals surface area contributed by atoms with E-state index < -0.39 is 23.3 Å². The van der Waals surface area contributed by atoms with Gasteiger partial charge in [0, 0.05) is 20.8 Å². The number of carbonyl (C=O) groups is 2. The fraction of sp³-hybridized carbons (Fsp3) is 0.909. The van der Waals surface area contributed by atoms with Crippen LogP contribution in [-0.4, -0.2) is 73.1 Å². The molecule has 0 N–H and O–H groups in total. The number of nitrogens with zero attached hydrogens (tertiary/aromatic N) is 1. The van der Waals surface area contributed by atoms with E-state index in [1.54, 1.807) is 19.1 Å². The van der Waals surface area contributed by atoms with Crippen LogP contribution in [0.1, 0.15) is 59.3 Å². The second kappa shape index (κ2) is 9.31. The molecule has 2 aliphatic heterocycles. The third-order valence-electron chi connectivity index (χ3n) is 6.62. The Hall–Kier alpha value is -0.890. The lowest BCUT2D eigenvalue weighted by Crippen LogP contribution is -2.56. The molecule has 0 aromatic carbocycles. The molecule has 3 rings (SSSR count). The summed E-state index contributed by atoms with van der Waals surface area (Å²) in [5.74, 6) is -1.73. The number of carbonyl (C=O) groups excluding carboxylic acids is 2. The molecule has 0 aromatic heterocycles. The Kier molecular flexibility index (Phi) is 7.37. The average Bonchev–Trinajstić information content (AvgIpc) is 3.24. The van der Waals surface area contributed by atoms with Crippen LogP contribution in [0.15, 0.2) is 0 Å². The monoisotopic (exact) mass is 445 g/mol. The molecule has 3 fully saturated rings. The number of rotatable bonds is 6. The van der Waals surface area contributed by atoms with Gasteiger partial charge < -0.3 is 23.8 Å². The molecule has 0 radical (unpaired) electrons. The summed E-state index contributed by atoms with van der Waals surface area (Å²) >= 11 is 6.55. The predicted molar refractivity (Wildman–Crippen MR) is 112 cm³/mol. The number of ether oxygens (including phenoxy) is 4. The second-order valence-corrected chi connectivity index (χ2v) is 10.3. The molecular weight excluding hydrogens is 410 g/mol. The molecule has 1 aliphatic carbocycles. The second-order valence-electron chi connectivity index (χ2n) is 9.74. The van der Waals surface area contributed by atoms with Gasteiger partial charge in [-0.2, -0.15) is 0 Å². The minimum atomic E-state index is -1.05. The predicted octanol–water partition coefficient (Wildman–Crippen LogP) is 3.12. The molecule has 0 aromatic rings. The molecule has 30 heavy (non-hydrogen) atoms. The Morgan fingerprint density at radius 1 is 1.17 bits per heavy atom. The molecule has 4 atom stereocenters. The molecule has 7 nitrogen and oxygen atoms in total. The largest absolute Gasteiger partial charge is 0.460 e. The van der Waals surface area contributed by atoms with Crippen LogP contribution in [0.25, 0.3) is 0 Å². The lowest BCUT2D eigenvalue weighted by Gasteiger charge is -2.39. The van der Waals surface area contributed by atoms with Gasteiger partial charge in [0.2, 0.25) is 11.7 Å². The van der Waals surface area contributed by atoms with Crippen LogP contribution in [0.5, 0.6) is 0 Å². The molecular formula is C22H36ClNO6. The van der Waals surface area contributed by atoms with Crippen LogP contribution in [-0.2, 0) is 28.5 Å². The summed E-state index contributed by atoms with van der Waals surface area (Å²) in [6.07, 6.45) is 4.95. The Balaban J connectivity index is 1.85. The number of alkyl halides is 1. The zero-order valence-corrected chi connectivity index (χ0v) is 19.6. The quantitative estimate of drug-likeness (QED) is 0.355. The third-order valence-corrected chi connectivity index (χ3v) is 7.01. The van der Waals surface area contributed by atoms with E-state index in [1.807, 2.05) is 20.8 Å². The van der Waals surface area contributed by atoms with Crippen molar-refractivity contribution < 1.29 is 28.5 Å². The van der Waals surface area contributed by atoms with Gasteiger partial charge in [0.05, 0.1) is 17.7 Å². The van der Waals surface area contributed by atoms with Crippen molar-refractivity contribution in [2.75, 3.05) is 27.4 Å². The van der Waals surface area contributed by atoms with Crippen molar-refractivity contribution in [2.24, 2.45) is 11.8 Å². The SMILES string of the molecule is COC1(OC)COC2C1N(C(=O)[C@@H](CC(=O)OC(C)(C)C)C1CCCCC1)C[C@H]2Cl. The van der Waals surface area contributed by atoms with Crippen LogP contribution < -0.4 is 0 Å². The standard InChI is InChI=1S/C22H36ClNO6/c1-21(2,3)30-17(25)11-15(14-9-7-6-8-10-14)20(26)24-12-16(23)18-19(24)22(27-4,28-5)13-29-18/h14-16,18-19H,6-13H2,1-5H3/t15-,16+,18?,19?/m0/s1. The minimum absolute atomic E-state index is 0.0742. The maximum atomic E-state index is 13.8. The fourth-order valence-corrected chi connectivity index (χ4v) is 5.56. The molecule has 2 unspecified atom stereocenters. The summed E-state index contributed by atoms with van der Waals surface area (Å²) in [6.45, 7) is 6.08. The van der Waals surface area contributed by atoms with E-state index >= 15 is 0 Å². The molecule has 8 heteroatoms. The third kappa shape index (κ3) is 4.79. The number of amides is 1. The Morgan fingerprint density at radius 3 is 2.37 bits per heavy atom. The van der Waals surface area contributed by atoms with E-state index in [1.165, 1.54) is 6.42 Å². The van der Waals surface area contributed by atoms with Crippen LogP contribution in [0, 0.1) is 11.8 Å². The van der Waals surface area contributed by atoms with Gasteiger partial charge in [-0.05, 0) is 39.5 Å². The van der Waals surface area contributed by atoms with Crippen LogP contribution in [0.4, 0.5) is 0 Å². The molecule has 3 aliphatic rings. The van der Waals surface area contributed by atoms with Gasteiger partial charge in [-0.3, -0.25) is 9.59 Å². The first-order valence-corrected chi connectivity index (χ1v) is 11.4. The number of methoxy groups -OCH3 is 2. The summed E-state index contributed by atoms with van der Waals surface area (Å²) in [6, 6.07) is -0.438. The smallest absolute Gasteiger partial charge is 0.307 e. The van der Waals surface area contributed by atoms with Crippen molar-refractivity contribution in [3.63, 3.8) is 0 Å². The van der Waals surface area contributed by atoms with Gasteiger partial charge in [-0.1, -0.05) is 19.3 Å². The summed E-state index contributed by atoms with van der Waals surface area (Å²) in [4.78, 5) is 28.3. The van der Waals surface area contributed by atoms with Crippen molar-refractivity contribution in [2.45, 2.75) is 88.2 Å². The van der Waals surface area contributed by atoms with E-state index in [-0.39, 0.29) is 42.3 Å². The highest BCUT2D eigenvalue weighted by Gasteiger charge is 2.61. The first-order valence-electron chi connectivity index (χ1n) is 11.0. The van der Waals surface area contributed by atoms with Crippen LogP contribution in [0.3, 0.4) is 0 Å². The van der Waals surface area contributed by atoms with Crippen molar-refractivity contribution >= 4 is 23.5 Å². The summed E-state index contributed by atoms with van der Waals surface area (Å²) in [7, 11) is 3.11. The highest BCUT2D eigenvalue weighted by Crippen LogP contribution is 2.43. The number of fused-ring (bicyclic) bond motifs is 1. The van der Waals surface area contributed by atoms with Gasteiger partial charge in [-0.25, -0.2) is 0 Å². The molecule has 1 saturated carbocycles. The zero-order valence-electron chi connectivity index (χ0n) is 18.8. The van der Waals surface area contributed by atoms with Gasteiger partial charge >= 0.3 is 5.97 Å². The topological polar surface area (TPSA) is 74.3 Å². The van der Waals surface area contributed by atoms with E-state index in [0.29, 0.717) is 6.54 Å². The van der Waals surface area contributed by atoms with Gasteiger partial charge in [0.1, 0.15) is 24.4 Å². The Labute approximate surface area is 184 Å². The zero-order chi connectivity index (χ0) is 22.1. The molecule has 1 amide bonds. The summed E-state index contributed by atoms with van der Waals surface area (Å²) in [5, 5.41) is -0.348. The first kappa shape index (κ1) is 23.8. The number of likely N-dealkylation sites (tertiary alicyclic amines) is 1. The van der Waals surface area contributed by atoms with Crippen molar-refractivity contribution in [1.29, 1.82) is 0 Å². The van der Waals surface area contributed by atoms with Crippen molar-refractivity contribution in [3.8, 4) is 0 Å². The van der Waals surface area contributed by atoms with E-state index in [0.717, 1.165) is 25.7 Å². The molecule has 0 spiro atoms. The van der Waals surface area contributed by atoms with E-state index in [2.05, 4.69) is 0 Å². The lowest BCUT2D eigenvalue weighted by molar-refractivity contribution is -0.227. The average molecular weight is 446 g/mol. The Morgan fingerprint density at radius 2 is 1.80 bits per heavy atom. The highest BCUT2D eigenvalue weighted by atomic mass is 35.5. The van der Waals surface area contributed by atoms with Crippen LogP contribution >= 0.6 is 11.6 Å². The van der Waals surface area contributed by atoms with Crippen molar-refractivity contribution in [3.05, 3.63) is 0 Å².